The van der Waals surface area contributed by atoms with Crippen LogP contribution in [0.25, 0.3) is 6.08 Å². The molecule has 0 aliphatic heterocycles. The molecule has 6 nitrogen and oxygen atoms in total. The van der Waals surface area contributed by atoms with Gasteiger partial charge in [0.1, 0.15) is 29.7 Å². The Morgan fingerprint density at radius 3 is 2.24 bits per heavy atom. The molecule has 34 heavy (non-hydrogen) atoms. The van der Waals surface area contributed by atoms with Gasteiger partial charge in [0.15, 0.2) is 0 Å². The lowest BCUT2D eigenvalue weighted by atomic mass is 10.1. The summed E-state index contributed by atoms with van der Waals surface area (Å²) >= 11 is 0. The first-order valence-corrected chi connectivity index (χ1v) is 11.0. The molecular formula is C28H25NO5. The third kappa shape index (κ3) is 7.35. The van der Waals surface area contributed by atoms with Crippen molar-refractivity contribution in [2.75, 3.05) is 6.61 Å². The fraction of sp³-hybridized carbons (Fsp3) is 0.179. The second-order valence-corrected chi connectivity index (χ2v) is 7.42. The Labute approximate surface area is 199 Å². The first-order chi connectivity index (χ1) is 16.6. The van der Waals surface area contributed by atoms with Gasteiger partial charge < -0.3 is 14.2 Å². The number of esters is 2. The van der Waals surface area contributed by atoms with Gasteiger partial charge in [0.25, 0.3) is 0 Å². The third-order valence-electron chi connectivity index (χ3n) is 4.81. The maximum Gasteiger partial charge on any atom is 0.354 e. The van der Waals surface area contributed by atoms with Gasteiger partial charge in [-0.3, -0.25) is 0 Å². The van der Waals surface area contributed by atoms with Gasteiger partial charge in [-0.25, -0.2) is 9.59 Å². The number of nitrogens with zero attached hydrogens (tertiary/aromatic N) is 1. The molecule has 3 aromatic rings. The van der Waals surface area contributed by atoms with E-state index in [1.807, 2.05) is 36.4 Å². The Balaban J connectivity index is 1.57. The predicted molar refractivity (Wildman–Crippen MR) is 128 cm³/mol. The Kier molecular flexibility index (Phi) is 9.00. The molecule has 0 aliphatic carbocycles. The topological polar surface area (TPSA) is 85.6 Å². The molecule has 0 atom stereocenters. The van der Waals surface area contributed by atoms with Crippen molar-refractivity contribution in [3.63, 3.8) is 0 Å². The summed E-state index contributed by atoms with van der Waals surface area (Å²) in [4.78, 5) is 24.7. The van der Waals surface area contributed by atoms with E-state index in [4.69, 9.17) is 14.2 Å². The molecule has 0 saturated carbocycles. The zero-order chi connectivity index (χ0) is 24.2. The van der Waals surface area contributed by atoms with E-state index in [9.17, 15) is 14.9 Å². The first-order valence-electron chi connectivity index (χ1n) is 11.0. The van der Waals surface area contributed by atoms with Crippen molar-refractivity contribution < 1.29 is 23.8 Å². The second-order valence-electron chi connectivity index (χ2n) is 7.42. The average molecular weight is 456 g/mol. The number of carbonyl (C=O) groups is 2. The van der Waals surface area contributed by atoms with Crippen LogP contribution in [0.1, 0.15) is 41.3 Å². The summed E-state index contributed by atoms with van der Waals surface area (Å²) in [6.07, 6.45) is 3.48. The Hall–Kier alpha value is -4.37. The Morgan fingerprint density at radius 1 is 0.912 bits per heavy atom. The van der Waals surface area contributed by atoms with Crippen molar-refractivity contribution >= 4 is 18.0 Å². The van der Waals surface area contributed by atoms with E-state index in [-0.39, 0.29) is 17.9 Å². The molecular weight excluding hydrogens is 430 g/mol. The number of nitriles is 1. The molecule has 0 aliphatic rings. The van der Waals surface area contributed by atoms with Gasteiger partial charge in [-0.1, -0.05) is 55.8 Å². The molecule has 6 heteroatoms. The molecule has 3 rings (SSSR count). The highest BCUT2D eigenvalue weighted by Gasteiger charge is 2.13. The van der Waals surface area contributed by atoms with E-state index in [1.54, 1.807) is 24.3 Å². The fourth-order valence-corrected chi connectivity index (χ4v) is 2.93. The van der Waals surface area contributed by atoms with Crippen molar-refractivity contribution in [3.8, 4) is 17.6 Å². The van der Waals surface area contributed by atoms with E-state index in [0.717, 1.165) is 24.2 Å². The second kappa shape index (κ2) is 12.6. The van der Waals surface area contributed by atoms with Crippen LogP contribution < -0.4 is 9.47 Å². The minimum Gasteiger partial charge on any atom is -0.494 e. The van der Waals surface area contributed by atoms with Crippen molar-refractivity contribution in [2.24, 2.45) is 0 Å². The van der Waals surface area contributed by atoms with Crippen LogP contribution in [-0.4, -0.2) is 18.5 Å². The van der Waals surface area contributed by atoms with E-state index in [1.165, 1.54) is 30.3 Å². The van der Waals surface area contributed by atoms with E-state index in [2.05, 4.69) is 6.92 Å². The molecule has 0 bridgehead atoms. The fourth-order valence-electron chi connectivity index (χ4n) is 2.93. The maximum atomic E-state index is 12.4. The molecule has 0 N–H and O–H groups in total. The highest BCUT2D eigenvalue weighted by Crippen LogP contribution is 2.18. The van der Waals surface area contributed by atoms with Crippen LogP contribution in [0.4, 0.5) is 0 Å². The monoisotopic (exact) mass is 455 g/mol. The molecule has 0 heterocycles. The number of hydrogen-bond donors (Lipinski definition) is 0. The van der Waals surface area contributed by atoms with Crippen LogP contribution in [0.2, 0.25) is 0 Å². The van der Waals surface area contributed by atoms with Crippen molar-refractivity contribution in [3.05, 3.63) is 101 Å². The predicted octanol–water partition coefficient (Wildman–Crippen LogP) is 5.74. The molecule has 0 saturated heterocycles. The zero-order valence-electron chi connectivity index (χ0n) is 18.9. The summed E-state index contributed by atoms with van der Waals surface area (Å²) in [6.45, 7) is 2.90. The Morgan fingerprint density at radius 2 is 1.59 bits per heavy atom. The number of carbonyl (C=O) groups excluding carboxylic acids is 2. The highest BCUT2D eigenvalue weighted by atomic mass is 16.5. The van der Waals surface area contributed by atoms with E-state index >= 15 is 0 Å². The quantitative estimate of drug-likeness (QED) is 0.127. The van der Waals surface area contributed by atoms with Gasteiger partial charge in [-0.05, 0) is 60.0 Å². The summed E-state index contributed by atoms with van der Waals surface area (Å²) in [5.41, 5.74) is 1.74. The van der Waals surface area contributed by atoms with E-state index < -0.39 is 11.9 Å². The van der Waals surface area contributed by atoms with Crippen molar-refractivity contribution in [1.29, 1.82) is 5.26 Å². The lowest BCUT2D eigenvalue weighted by molar-refractivity contribution is -0.129. The van der Waals surface area contributed by atoms with Gasteiger partial charge in [-0.15, -0.1) is 0 Å². The molecule has 0 aromatic heterocycles. The standard InChI is InChI=1S/C28H25NO5/c1-2-3-17-32-25-13-9-21(10-14-25)18-24(19-29)28(31)34-26-15-11-23(12-16-26)27(30)33-20-22-7-5-4-6-8-22/h4-16,18H,2-3,17,20H2,1H3. The summed E-state index contributed by atoms with van der Waals surface area (Å²) in [5.74, 6) is -0.328. The summed E-state index contributed by atoms with van der Waals surface area (Å²) in [7, 11) is 0. The lowest BCUT2D eigenvalue weighted by Crippen LogP contribution is -2.10. The number of unbranched alkanes of at least 4 members (excludes halogenated alkanes) is 1. The van der Waals surface area contributed by atoms with Gasteiger partial charge in [0, 0.05) is 0 Å². The lowest BCUT2D eigenvalue weighted by Gasteiger charge is -2.07. The Bertz CT molecular complexity index is 1160. The van der Waals surface area contributed by atoms with Crippen LogP contribution in [0.3, 0.4) is 0 Å². The smallest absolute Gasteiger partial charge is 0.354 e. The number of hydrogen-bond acceptors (Lipinski definition) is 6. The first kappa shape index (κ1) is 24.3. The van der Waals surface area contributed by atoms with Crippen molar-refractivity contribution in [2.45, 2.75) is 26.4 Å². The van der Waals surface area contributed by atoms with Crippen LogP contribution in [0, 0.1) is 11.3 Å². The van der Waals surface area contributed by atoms with Gasteiger partial charge in [0.2, 0.25) is 0 Å². The van der Waals surface area contributed by atoms with Gasteiger partial charge in [0.05, 0.1) is 12.2 Å². The largest absolute Gasteiger partial charge is 0.494 e. The number of rotatable bonds is 10. The van der Waals surface area contributed by atoms with E-state index in [0.29, 0.717) is 17.7 Å². The summed E-state index contributed by atoms with van der Waals surface area (Å²) < 4.78 is 16.2. The summed E-state index contributed by atoms with van der Waals surface area (Å²) in [6, 6.07) is 24.3. The van der Waals surface area contributed by atoms with Gasteiger partial charge in [-0.2, -0.15) is 5.26 Å². The molecule has 3 aromatic carbocycles. The average Bonchev–Trinajstić information content (AvgIpc) is 2.88. The van der Waals surface area contributed by atoms with Gasteiger partial charge >= 0.3 is 11.9 Å². The SMILES string of the molecule is CCCCOc1ccc(C=C(C#N)C(=O)Oc2ccc(C(=O)OCc3ccccc3)cc2)cc1. The van der Waals surface area contributed by atoms with Crippen LogP contribution in [-0.2, 0) is 16.1 Å². The summed E-state index contributed by atoms with van der Waals surface area (Å²) in [5, 5.41) is 9.40. The zero-order valence-corrected chi connectivity index (χ0v) is 18.9. The minimum atomic E-state index is -0.787. The van der Waals surface area contributed by atoms with Crippen LogP contribution >= 0.6 is 0 Å². The molecule has 172 valence electrons. The number of benzene rings is 3. The van der Waals surface area contributed by atoms with Crippen molar-refractivity contribution in [1.82, 2.24) is 0 Å². The normalized spacial score (nSPS) is 10.8. The molecule has 0 fully saturated rings. The third-order valence-corrected chi connectivity index (χ3v) is 4.81. The number of ether oxygens (including phenoxy) is 3. The van der Waals surface area contributed by atoms with Crippen LogP contribution in [0.5, 0.6) is 11.5 Å². The molecule has 0 unspecified atom stereocenters. The minimum absolute atomic E-state index is 0.147. The maximum absolute atomic E-state index is 12.4. The van der Waals surface area contributed by atoms with Crippen LogP contribution in [0.15, 0.2) is 84.4 Å². The highest BCUT2D eigenvalue weighted by molar-refractivity contribution is 5.99. The molecule has 0 spiro atoms. The molecule has 0 radical (unpaired) electrons. The molecule has 0 amide bonds.